The number of hydrogen-bond acceptors (Lipinski definition) is 0. The van der Waals surface area contributed by atoms with Crippen LogP contribution in [0.5, 0.6) is 0 Å². The second-order valence-corrected chi connectivity index (χ2v) is 3.81. The minimum atomic E-state index is 0.986. The standard InChI is InChI=1S/C16H25/c1-3-5-7-9-11-13-15-16-14-12-10-8-6-4-2/h3,5,7,11,13,15-16H,1-2,4,6,8-10,12,14H2. The van der Waals surface area contributed by atoms with Crippen LogP contribution in [-0.2, 0) is 0 Å². The zero-order valence-corrected chi connectivity index (χ0v) is 10.4. The molecule has 0 saturated heterocycles. The quantitative estimate of drug-likeness (QED) is 0.339. The Kier molecular flexibility index (Phi) is 13.1. The van der Waals surface area contributed by atoms with E-state index in [0.717, 1.165) is 12.8 Å². The van der Waals surface area contributed by atoms with Crippen molar-refractivity contribution in [3.05, 3.63) is 56.0 Å². The molecule has 0 N–H and O–H groups in total. The van der Waals surface area contributed by atoms with E-state index in [1.807, 2.05) is 6.08 Å². The Bertz CT molecular complexity index is 218. The van der Waals surface area contributed by atoms with Crippen molar-refractivity contribution >= 4 is 0 Å². The molecule has 0 bridgehead atoms. The average Bonchev–Trinajstić information content (AvgIpc) is 2.31. The number of hydrogen-bond donors (Lipinski definition) is 0. The van der Waals surface area contributed by atoms with E-state index in [2.05, 4.69) is 43.9 Å². The molecular formula is C16H25. The molecule has 0 rings (SSSR count). The second-order valence-electron chi connectivity index (χ2n) is 3.81. The van der Waals surface area contributed by atoms with Crippen molar-refractivity contribution in [2.75, 3.05) is 0 Å². The Morgan fingerprint density at radius 1 is 0.750 bits per heavy atom. The van der Waals surface area contributed by atoms with Crippen LogP contribution in [0, 0.1) is 6.92 Å². The Balaban J connectivity index is 3.26. The van der Waals surface area contributed by atoms with Crippen LogP contribution in [0.1, 0.15) is 44.9 Å². The van der Waals surface area contributed by atoms with Crippen LogP contribution in [-0.4, -0.2) is 0 Å². The summed E-state index contributed by atoms with van der Waals surface area (Å²) >= 11 is 0. The highest BCUT2D eigenvalue weighted by atomic mass is 13.9. The number of allylic oxidation sites excluding steroid dienone is 7. The van der Waals surface area contributed by atoms with E-state index in [1.165, 1.54) is 32.1 Å². The SMILES string of the molecule is [CH2]CCCCCCC=CC=CCC=CC=C. The first kappa shape index (κ1) is 15.0. The van der Waals surface area contributed by atoms with Gasteiger partial charge in [0.25, 0.3) is 0 Å². The summed E-state index contributed by atoms with van der Waals surface area (Å²) in [6.45, 7) is 7.46. The molecule has 0 atom stereocenters. The van der Waals surface area contributed by atoms with E-state index >= 15 is 0 Å². The molecule has 0 amide bonds. The van der Waals surface area contributed by atoms with E-state index < -0.39 is 0 Å². The topological polar surface area (TPSA) is 0 Å². The van der Waals surface area contributed by atoms with Crippen LogP contribution in [0.15, 0.2) is 49.1 Å². The van der Waals surface area contributed by atoms with Gasteiger partial charge in [-0.05, 0) is 19.3 Å². The summed E-state index contributed by atoms with van der Waals surface area (Å²) in [5.41, 5.74) is 0. The summed E-state index contributed by atoms with van der Waals surface area (Å²) in [4.78, 5) is 0. The summed E-state index contributed by atoms with van der Waals surface area (Å²) in [7, 11) is 0. The monoisotopic (exact) mass is 217 g/mol. The normalized spacial score (nSPS) is 12.1. The van der Waals surface area contributed by atoms with E-state index in [-0.39, 0.29) is 0 Å². The fraction of sp³-hybridized carbons (Fsp3) is 0.438. The third-order valence-electron chi connectivity index (χ3n) is 2.30. The lowest BCUT2D eigenvalue weighted by atomic mass is 10.1. The second kappa shape index (κ2) is 14.0. The molecule has 0 unspecified atom stereocenters. The molecule has 0 aliphatic carbocycles. The van der Waals surface area contributed by atoms with E-state index in [9.17, 15) is 0 Å². The first-order valence-corrected chi connectivity index (χ1v) is 6.30. The molecular weight excluding hydrogens is 192 g/mol. The van der Waals surface area contributed by atoms with Gasteiger partial charge in [-0.3, -0.25) is 0 Å². The van der Waals surface area contributed by atoms with Crippen LogP contribution < -0.4 is 0 Å². The van der Waals surface area contributed by atoms with Crippen LogP contribution in [0.3, 0.4) is 0 Å². The van der Waals surface area contributed by atoms with Gasteiger partial charge in [0, 0.05) is 0 Å². The van der Waals surface area contributed by atoms with Gasteiger partial charge in [-0.2, -0.15) is 0 Å². The summed E-state index contributed by atoms with van der Waals surface area (Å²) in [5, 5.41) is 0. The molecule has 0 aromatic heterocycles. The highest BCUT2D eigenvalue weighted by Crippen LogP contribution is 2.05. The van der Waals surface area contributed by atoms with Crippen LogP contribution in [0.4, 0.5) is 0 Å². The predicted octanol–water partition coefficient (Wildman–Crippen LogP) is 5.41. The lowest BCUT2D eigenvalue weighted by molar-refractivity contribution is 0.651. The number of rotatable bonds is 10. The van der Waals surface area contributed by atoms with Gasteiger partial charge in [0.1, 0.15) is 0 Å². The molecule has 16 heavy (non-hydrogen) atoms. The van der Waals surface area contributed by atoms with Crippen LogP contribution in [0.25, 0.3) is 0 Å². The van der Waals surface area contributed by atoms with Crippen molar-refractivity contribution in [3.8, 4) is 0 Å². The predicted molar refractivity (Wildman–Crippen MR) is 75.3 cm³/mol. The first-order chi connectivity index (χ1) is 7.91. The highest BCUT2D eigenvalue weighted by molar-refractivity contribution is 5.06. The molecule has 0 spiro atoms. The molecule has 0 nitrogen and oxygen atoms in total. The van der Waals surface area contributed by atoms with Gasteiger partial charge in [0.2, 0.25) is 0 Å². The van der Waals surface area contributed by atoms with Gasteiger partial charge in [-0.15, -0.1) is 0 Å². The van der Waals surface area contributed by atoms with Gasteiger partial charge >= 0.3 is 0 Å². The average molecular weight is 217 g/mol. The molecule has 1 radical (unpaired) electrons. The maximum atomic E-state index is 3.84. The van der Waals surface area contributed by atoms with Crippen molar-refractivity contribution in [2.24, 2.45) is 0 Å². The Labute approximate surface area is 101 Å². The zero-order chi connectivity index (χ0) is 11.9. The van der Waals surface area contributed by atoms with E-state index in [4.69, 9.17) is 0 Å². The van der Waals surface area contributed by atoms with Gasteiger partial charge in [0.05, 0.1) is 0 Å². The molecule has 0 heteroatoms. The van der Waals surface area contributed by atoms with E-state index in [0.29, 0.717) is 0 Å². The van der Waals surface area contributed by atoms with Crippen molar-refractivity contribution in [2.45, 2.75) is 44.9 Å². The smallest absolute Gasteiger partial charge is 0.0163 e. The molecule has 0 aliphatic rings. The maximum Gasteiger partial charge on any atom is -0.0163 e. The molecule has 0 aromatic carbocycles. The largest absolute Gasteiger partial charge is 0.0991 e. The summed E-state index contributed by atoms with van der Waals surface area (Å²) in [6.07, 6.45) is 23.0. The summed E-state index contributed by atoms with van der Waals surface area (Å²) in [5.74, 6) is 0. The van der Waals surface area contributed by atoms with Crippen molar-refractivity contribution in [1.82, 2.24) is 0 Å². The fourth-order valence-electron chi connectivity index (χ4n) is 1.38. The van der Waals surface area contributed by atoms with Crippen molar-refractivity contribution in [1.29, 1.82) is 0 Å². The Morgan fingerprint density at radius 2 is 1.44 bits per heavy atom. The first-order valence-electron chi connectivity index (χ1n) is 6.30. The lowest BCUT2D eigenvalue weighted by Crippen LogP contribution is -1.75. The van der Waals surface area contributed by atoms with Gasteiger partial charge in [0.15, 0.2) is 0 Å². The van der Waals surface area contributed by atoms with Gasteiger partial charge in [-0.1, -0.05) is 81.7 Å². The van der Waals surface area contributed by atoms with Gasteiger partial charge < -0.3 is 0 Å². The fourth-order valence-corrected chi connectivity index (χ4v) is 1.38. The highest BCUT2D eigenvalue weighted by Gasteiger charge is 1.85. The summed E-state index contributed by atoms with van der Waals surface area (Å²) < 4.78 is 0. The lowest BCUT2D eigenvalue weighted by Gasteiger charge is -1.95. The Morgan fingerprint density at radius 3 is 2.19 bits per heavy atom. The minimum Gasteiger partial charge on any atom is -0.0991 e. The third-order valence-corrected chi connectivity index (χ3v) is 2.30. The molecule has 89 valence electrons. The third kappa shape index (κ3) is 13.0. The minimum absolute atomic E-state index is 0.986. The Hall–Kier alpha value is -1.04. The summed E-state index contributed by atoms with van der Waals surface area (Å²) in [6, 6.07) is 0. The molecule has 0 heterocycles. The molecule has 0 fully saturated rings. The maximum absolute atomic E-state index is 3.84. The van der Waals surface area contributed by atoms with E-state index in [1.54, 1.807) is 6.08 Å². The molecule has 0 aliphatic heterocycles. The molecule has 0 aromatic rings. The van der Waals surface area contributed by atoms with Crippen molar-refractivity contribution in [3.63, 3.8) is 0 Å². The zero-order valence-electron chi connectivity index (χ0n) is 10.4. The number of unbranched alkanes of at least 4 members (excludes halogenated alkanes) is 5. The van der Waals surface area contributed by atoms with Crippen molar-refractivity contribution < 1.29 is 0 Å². The van der Waals surface area contributed by atoms with Crippen LogP contribution >= 0.6 is 0 Å². The molecule has 0 saturated carbocycles. The van der Waals surface area contributed by atoms with Crippen LogP contribution in [0.2, 0.25) is 0 Å². The van der Waals surface area contributed by atoms with Gasteiger partial charge in [-0.25, -0.2) is 0 Å².